The first-order chi connectivity index (χ1) is 8.94. The number of benzene rings is 1. The van der Waals surface area contributed by atoms with E-state index in [-0.39, 0.29) is 23.5 Å². The van der Waals surface area contributed by atoms with E-state index < -0.39 is 9.84 Å². The van der Waals surface area contributed by atoms with Gasteiger partial charge in [-0.15, -0.1) is 0 Å². The van der Waals surface area contributed by atoms with Gasteiger partial charge in [-0.25, -0.2) is 8.42 Å². The van der Waals surface area contributed by atoms with Crippen LogP contribution in [0, 0.1) is 5.92 Å². The molecule has 0 bridgehead atoms. The topological polar surface area (TPSA) is 46.2 Å². The third-order valence-electron chi connectivity index (χ3n) is 2.85. The lowest BCUT2D eigenvalue weighted by Crippen LogP contribution is -2.30. The van der Waals surface area contributed by atoms with Crippen LogP contribution in [0.3, 0.4) is 0 Å². The maximum Gasteiger partial charge on any atom is 0.152 e. The second-order valence-electron chi connectivity index (χ2n) is 5.39. The summed E-state index contributed by atoms with van der Waals surface area (Å²) in [5.41, 5.74) is 1.04. The van der Waals surface area contributed by atoms with Crippen LogP contribution in [0.25, 0.3) is 0 Å². The molecule has 0 aliphatic carbocycles. The van der Waals surface area contributed by atoms with Crippen molar-refractivity contribution in [1.82, 2.24) is 5.32 Å². The highest BCUT2D eigenvalue weighted by molar-refractivity contribution is 7.91. The summed E-state index contributed by atoms with van der Waals surface area (Å²) in [7, 11) is -3.02. The Morgan fingerprint density at radius 3 is 2.26 bits per heavy atom. The van der Waals surface area contributed by atoms with Crippen LogP contribution in [-0.4, -0.2) is 26.5 Å². The number of hydrogen-bond donors (Lipinski definition) is 1. The Hall–Kier alpha value is -0.870. The summed E-state index contributed by atoms with van der Waals surface area (Å²) in [5.74, 6) is 0.604. The van der Waals surface area contributed by atoms with Crippen LogP contribution in [-0.2, 0) is 9.84 Å². The standard InChI is InChI=1S/C15H25NO2S/c1-4-10-16-15(14-8-6-5-7-9-14)12-19(17,18)11-13(2)3/h5-9,13,15-16H,4,10-12H2,1-3H3. The molecule has 0 saturated heterocycles. The fourth-order valence-corrected chi connectivity index (χ4v) is 4.08. The van der Waals surface area contributed by atoms with Gasteiger partial charge in [-0.3, -0.25) is 0 Å². The van der Waals surface area contributed by atoms with Crippen molar-refractivity contribution in [2.24, 2.45) is 5.92 Å². The molecule has 0 radical (unpaired) electrons. The minimum atomic E-state index is -3.02. The first kappa shape index (κ1) is 16.2. The Morgan fingerprint density at radius 1 is 1.11 bits per heavy atom. The van der Waals surface area contributed by atoms with Crippen molar-refractivity contribution in [3.8, 4) is 0 Å². The zero-order valence-corrected chi connectivity index (χ0v) is 12.9. The van der Waals surface area contributed by atoms with Gasteiger partial charge >= 0.3 is 0 Å². The lowest BCUT2D eigenvalue weighted by molar-refractivity contribution is 0.540. The molecule has 0 aliphatic heterocycles. The van der Waals surface area contributed by atoms with Crippen molar-refractivity contribution in [1.29, 1.82) is 0 Å². The molecule has 19 heavy (non-hydrogen) atoms. The van der Waals surface area contributed by atoms with Crippen molar-refractivity contribution in [2.45, 2.75) is 33.2 Å². The van der Waals surface area contributed by atoms with E-state index in [2.05, 4.69) is 12.2 Å². The Morgan fingerprint density at radius 2 is 1.74 bits per heavy atom. The number of rotatable bonds is 8. The summed E-state index contributed by atoms with van der Waals surface area (Å²) in [4.78, 5) is 0. The first-order valence-corrected chi connectivity index (χ1v) is 8.75. The van der Waals surface area contributed by atoms with Crippen LogP contribution < -0.4 is 5.32 Å². The summed E-state index contributed by atoms with van der Waals surface area (Å²) in [6.45, 7) is 6.79. The average Bonchev–Trinajstić information content (AvgIpc) is 2.34. The van der Waals surface area contributed by atoms with Gasteiger partial charge in [0.1, 0.15) is 0 Å². The molecule has 3 nitrogen and oxygen atoms in total. The van der Waals surface area contributed by atoms with Crippen molar-refractivity contribution < 1.29 is 8.42 Å². The second kappa shape index (κ2) is 7.65. The maximum absolute atomic E-state index is 12.1. The SMILES string of the molecule is CCCNC(CS(=O)(=O)CC(C)C)c1ccccc1. The van der Waals surface area contributed by atoms with Gasteiger partial charge in [-0.1, -0.05) is 51.1 Å². The van der Waals surface area contributed by atoms with E-state index >= 15 is 0 Å². The number of nitrogens with one attached hydrogen (secondary N) is 1. The van der Waals surface area contributed by atoms with Gasteiger partial charge in [0.25, 0.3) is 0 Å². The summed E-state index contributed by atoms with van der Waals surface area (Å²) in [6.07, 6.45) is 0.994. The molecule has 0 heterocycles. The highest BCUT2D eigenvalue weighted by atomic mass is 32.2. The minimum absolute atomic E-state index is 0.107. The predicted octanol–water partition coefficient (Wildman–Crippen LogP) is 2.80. The van der Waals surface area contributed by atoms with Crippen molar-refractivity contribution >= 4 is 9.84 Å². The smallest absolute Gasteiger partial charge is 0.152 e. The monoisotopic (exact) mass is 283 g/mol. The predicted molar refractivity (Wildman–Crippen MR) is 81.0 cm³/mol. The second-order valence-corrected chi connectivity index (χ2v) is 7.54. The number of hydrogen-bond acceptors (Lipinski definition) is 3. The molecule has 0 saturated carbocycles. The maximum atomic E-state index is 12.1. The fraction of sp³-hybridized carbons (Fsp3) is 0.600. The van der Waals surface area contributed by atoms with Crippen molar-refractivity contribution in [3.05, 3.63) is 35.9 Å². The Kier molecular flexibility index (Phi) is 6.52. The molecule has 1 rings (SSSR count). The molecular weight excluding hydrogens is 258 g/mol. The normalized spacial score (nSPS) is 13.7. The zero-order valence-electron chi connectivity index (χ0n) is 12.1. The Labute approximate surface area is 117 Å². The summed E-state index contributed by atoms with van der Waals surface area (Å²) >= 11 is 0. The van der Waals surface area contributed by atoms with Gasteiger partial charge in [0, 0.05) is 6.04 Å². The van der Waals surface area contributed by atoms with E-state index in [9.17, 15) is 8.42 Å². The van der Waals surface area contributed by atoms with E-state index in [0.29, 0.717) is 0 Å². The Balaban J connectivity index is 2.81. The quantitative estimate of drug-likeness (QED) is 0.798. The highest BCUT2D eigenvalue weighted by Gasteiger charge is 2.21. The molecule has 0 aromatic heterocycles. The molecule has 1 N–H and O–H groups in total. The average molecular weight is 283 g/mol. The molecule has 1 atom stereocenters. The minimum Gasteiger partial charge on any atom is -0.309 e. The fourth-order valence-electron chi connectivity index (χ4n) is 2.11. The van der Waals surface area contributed by atoms with E-state index in [1.807, 2.05) is 44.2 Å². The largest absolute Gasteiger partial charge is 0.309 e. The molecule has 0 amide bonds. The van der Waals surface area contributed by atoms with Crippen LogP contribution in [0.2, 0.25) is 0 Å². The lowest BCUT2D eigenvalue weighted by atomic mass is 10.1. The van der Waals surface area contributed by atoms with Crippen LogP contribution >= 0.6 is 0 Å². The van der Waals surface area contributed by atoms with Crippen LogP contribution in [0.15, 0.2) is 30.3 Å². The first-order valence-electron chi connectivity index (χ1n) is 6.93. The van der Waals surface area contributed by atoms with Gasteiger partial charge < -0.3 is 5.32 Å². The van der Waals surface area contributed by atoms with Gasteiger partial charge in [-0.2, -0.15) is 0 Å². The van der Waals surface area contributed by atoms with E-state index in [1.54, 1.807) is 0 Å². The summed E-state index contributed by atoms with van der Waals surface area (Å²) < 4.78 is 24.3. The third-order valence-corrected chi connectivity index (χ3v) is 4.87. The van der Waals surface area contributed by atoms with Gasteiger partial charge in [0.15, 0.2) is 9.84 Å². The zero-order chi connectivity index (χ0) is 14.3. The molecule has 1 aromatic rings. The third kappa shape index (κ3) is 6.21. The van der Waals surface area contributed by atoms with Crippen LogP contribution in [0.1, 0.15) is 38.8 Å². The molecule has 0 spiro atoms. The molecule has 108 valence electrons. The van der Waals surface area contributed by atoms with Crippen LogP contribution in [0.5, 0.6) is 0 Å². The Bertz CT molecular complexity index is 454. The van der Waals surface area contributed by atoms with Gasteiger partial charge in [0.05, 0.1) is 11.5 Å². The highest BCUT2D eigenvalue weighted by Crippen LogP contribution is 2.16. The molecule has 0 aliphatic rings. The van der Waals surface area contributed by atoms with Gasteiger partial charge in [-0.05, 0) is 24.4 Å². The van der Waals surface area contributed by atoms with Crippen LogP contribution in [0.4, 0.5) is 0 Å². The van der Waals surface area contributed by atoms with E-state index in [4.69, 9.17) is 0 Å². The van der Waals surface area contributed by atoms with Gasteiger partial charge in [0.2, 0.25) is 0 Å². The molecule has 1 unspecified atom stereocenters. The number of sulfone groups is 1. The molecule has 0 fully saturated rings. The van der Waals surface area contributed by atoms with E-state index in [0.717, 1.165) is 18.5 Å². The molecular formula is C15H25NO2S. The molecule has 4 heteroatoms. The van der Waals surface area contributed by atoms with Crippen molar-refractivity contribution in [3.63, 3.8) is 0 Å². The van der Waals surface area contributed by atoms with Crippen molar-refractivity contribution in [2.75, 3.05) is 18.1 Å². The lowest BCUT2D eigenvalue weighted by Gasteiger charge is -2.19. The van der Waals surface area contributed by atoms with E-state index in [1.165, 1.54) is 0 Å². The summed E-state index contributed by atoms with van der Waals surface area (Å²) in [6, 6.07) is 9.71. The molecule has 1 aromatic carbocycles. The summed E-state index contributed by atoms with van der Waals surface area (Å²) in [5, 5.41) is 3.34.